The fourth-order valence-electron chi connectivity index (χ4n) is 0.903. The number of hydrogen-bond donors (Lipinski definition) is 0. The van der Waals surface area contributed by atoms with Crippen LogP contribution in [0.5, 0.6) is 11.5 Å². The van der Waals surface area contributed by atoms with E-state index in [0.29, 0.717) is 12.4 Å². The first-order valence-corrected chi connectivity index (χ1v) is 4.32. The second-order valence-corrected chi connectivity index (χ2v) is 2.35. The molecule has 12 heavy (non-hydrogen) atoms. The fourth-order valence-corrected chi connectivity index (χ4v) is 1.02. The van der Waals surface area contributed by atoms with Gasteiger partial charge in [0.05, 0.1) is 6.61 Å². The molecule has 0 unspecified atom stereocenters. The van der Waals surface area contributed by atoms with Crippen LogP contribution in [0.4, 0.5) is 0 Å². The molecule has 1 rings (SSSR count). The van der Waals surface area contributed by atoms with Crippen LogP contribution in [0.15, 0.2) is 24.3 Å². The summed E-state index contributed by atoms with van der Waals surface area (Å²) in [6.07, 6.45) is 0. The second-order valence-electron chi connectivity index (χ2n) is 2.13. The topological polar surface area (TPSA) is 18.5 Å². The summed E-state index contributed by atoms with van der Waals surface area (Å²) in [5.41, 5.74) is 0. The summed E-state index contributed by atoms with van der Waals surface area (Å²) in [7, 11) is 0. The summed E-state index contributed by atoms with van der Waals surface area (Å²) in [6, 6.07) is 7.60. The first-order valence-electron chi connectivity index (χ1n) is 3.79. The Kier molecular flexibility index (Phi) is 3.74. The minimum atomic E-state index is 0.143. The summed E-state index contributed by atoms with van der Waals surface area (Å²) in [5, 5.41) is 0. The molecule has 0 aliphatic heterocycles. The predicted molar refractivity (Wildman–Crippen MR) is 49.0 cm³/mol. The maximum atomic E-state index is 5.43. The van der Waals surface area contributed by atoms with Crippen molar-refractivity contribution in [1.29, 1.82) is 0 Å². The van der Waals surface area contributed by atoms with Gasteiger partial charge >= 0.3 is 0 Å². The summed E-state index contributed by atoms with van der Waals surface area (Å²) >= 11 is 5.43. The number of hydrogen-bond acceptors (Lipinski definition) is 2. The van der Waals surface area contributed by atoms with Gasteiger partial charge in [0.25, 0.3) is 0 Å². The van der Waals surface area contributed by atoms with Gasteiger partial charge in [-0.2, -0.15) is 0 Å². The molecule has 0 fully saturated rings. The Morgan fingerprint density at radius 3 is 2.25 bits per heavy atom. The van der Waals surface area contributed by atoms with E-state index in [1.807, 2.05) is 31.2 Å². The second kappa shape index (κ2) is 4.88. The van der Waals surface area contributed by atoms with Gasteiger partial charge in [0, 0.05) is 0 Å². The molecule has 0 spiro atoms. The molecule has 0 heterocycles. The summed E-state index contributed by atoms with van der Waals surface area (Å²) < 4.78 is 10.4. The largest absolute Gasteiger partial charge is 0.490 e. The molecule has 0 aromatic heterocycles. The summed E-state index contributed by atoms with van der Waals surface area (Å²) in [6.45, 7) is 2.56. The monoisotopic (exact) mass is 186 g/mol. The molecule has 0 saturated carbocycles. The van der Waals surface area contributed by atoms with E-state index in [9.17, 15) is 0 Å². The lowest BCUT2D eigenvalue weighted by Gasteiger charge is -2.08. The Balaban J connectivity index is 2.77. The van der Waals surface area contributed by atoms with Crippen LogP contribution in [0.2, 0.25) is 0 Å². The highest BCUT2D eigenvalue weighted by molar-refractivity contribution is 6.17. The van der Waals surface area contributed by atoms with Crippen molar-refractivity contribution < 1.29 is 9.47 Å². The van der Waals surface area contributed by atoms with E-state index >= 15 is 0 Å². The molecule has 3 heteroatoms. The van der Waals surface area contributed by atoms with E-state index < -0.39 is 0 Å². The van der Waals surface area contributed by atoms with Crippen LogP contribution in [0.25, 0.3) is 0 Å². The Labute approximate surface area is 77.1 Å². The third kappa shape index (κ3) is 2.31. The molecule has 0 atom stereocenters. The van der Waals surface area contributed by atoms with E-state index in [1.54, 1.807) is 0 Å². The maximum Gasteiger partial charge on any atom is 0.163 e. The number of alkyl halides is 1. The van der Waals surface area contributed by atoms with Crippen molar-refractivity contribution in [3.05, 3.63) is 24.3 Å². The molecule has 0 saturated heterocycles. The standard InChI is InChI=1S/C9H11ClO2/c1-2-11-8-5-3-4-6-9(8)12-7-10/h3-6H,2,7H2,1H3. The molecular formula is C9H11ClO2. The van der Waals surface area contributed by atoms with Gasteiger partial charge in [0.1, 0.15) is 0 Å². The molecule has 0 radical (unpaired) electrons. The normalized spacial score (nSPS) is 9.50. The smallest absolute Gasteiger partial charge is 0.163 e. The van der Waals surface area contributed by atoms with Crippen LogP contribution in [-0.4, -0.2) is 12.7 Å². The SMILES string of the molecule is CCOc1ccccc1OCCl. The van der Waals surface area contributed by atoms with Crippen LogP contribution in [0, 0.1) is 0 Å². The molecule has 1 aromatic carbocycles. The lowest BCUT2D eigenvalue weighted by Crippen LogP contribution is -1.96. The highest BCUT2D eigenvalue weighted by Gasteiger charge is 2.00. The van der Waals surface area contributed by atoms with E-state index in [-0.39, 0.29) is 6.07 Å². The third-order valence-electron chi connectivity index (χ3n) is 1.36. The molecule has 0 bridgehead atoms. The fraction of sp³-hybridized carbons (Fsp3) is 0.333. The van der Waals surface area contributed by atoms with Crippen molar-refractivity contribution in [3.8, 4) is 11.5 Å². The average Bonchev–Trinajstić information content (AvgIpc) is 2.09. The Morgan fingerprint density at radius 1 is 1.17 bits per heavy atom. The summed E-state index contributed by atoms with van der Waals surface area (Å²) in [5.74, 6) is 1.43. The highest BCUT2D eigenvalue weighted by atomic mass is 35.5. The first kappa shape index (κ1) is 9.20. The first-order chi connectivity index (χ1) is 5.88. The summed E-state index contributed by atoms with van der Waals surface area (Å²) in [4.78, 5) is 0. The molecule has 66 valence electrons. The Hall–Kier alpha value is -0.890. The van der Waals surface area contributed by atoms with Crippen LogP contribution in [0.3, 0.4) is 0 Å². The third-order valence-corrected chi connectivity index (χ3v) is 1.47. The number of para-hydroxylation sites is 2. The van der Waals surface area contributed by atoms with E-state index in [1.165, 1.54) is 0 Å². The lowest BCUT2D eigenvalue weighted by atomic mass is 10.3. The van der Waals surface area contributed by atoms with Crippen molar-refractivity contribution in [3.63, 3.8) is 0 Å². The van der Waals surface area contributed by atoms with Gasteiger partial charge in [-0.3, -0.25) is 0 Å². The van der Waals surface area contributed by atoms with Crippen molar-refractivity contribution >= 4 is 11.6 Å². The van der Waals surface area contributed by atoms with E-state index in [0.717, 1.165) is 5.75 Å². The van der Waals surface area contributed by atoms with Gasteiger partial charge in [-0.25, -0.2) is 0 Å². The quantitative estimate of drug-likeness (QED) is 0.674. The maximum absolute atomic E-state index is 5.43. The molecule has 2 nitrogen and oxygen atoms in total. The van der Waals surface area contributed by atoms with Crippen molar-refractivity contribution in [2.45, 2.75) is 6.92 Å². The van der Waals surface area contributed by atoms with Gasteiger partial charge in [-0.15, -0.1) is 0 Å². The van der Waals surface area contributed by atoms with Crippen molar-refractivity contribution in [2.75, 3.05) is 12.7 Å². The average molecular weight is 187 g/mol. The molecule has 0 aliphatic rings. The molecule has 0 N–H and O–H groups in total. The lowest BCUT2D eigenvalue weighted by molar-refractivity contribution is 0.304. The number of benzene rings is 1. The minimum Gasteiger partial charge on any atom is -0.490 e. The van der Waals surface area contributed by atoms with Crippen LogP contribution in [-0.2, 0) is 0 Å². The number of ether oxygens (including phenoxy) is 2. The van der Waals surface area contributed by atoms with Crippen LogP contribution < -0.4 is 9.47 Å². The minimum absolute atomic E-state index is 0.143. The van der Waals surface area contributed by atoms with Crippen molar-refractivity contribution in [2.24, 2.45) is 0 Å². The zero-order valence-corrected chi connectivity index (χ0v) is 7.67. The molecule has 0 amide bonds. The number of rotatable bonds is 4. The van der Waals surface area contributed by atoms with Crippen molar-refractivity contribution in [1.82, 2.24) is 0 Å². The Morgan fingerprint density at radius 2 is 1.75 bits per heavy atom. The van der Waals surface area contributed by atoms with Gasteiger partial charge in [-0.1, -0.05) is 23.7 Å². The number of halogens is 1. The highest BCUT2D eigenvalue weighted by Crippen LogP contribution is 2.26. The van der Waals surface area contributed by atoms with E-state index in [2.05, 4.69) is 0 Å². The van der Waals surface area contributed by atoms with Gasteiger partial charge in [0.15, 0.2) is 17.6 Å². The van der Waals surface area contributed by atoms with Gasteiger partial charge < -0.3 is 9.47 Å². The zero-order chi connectivity index (χ0) is 8.81. The molecule has 1 aromatic rings. The van der Waals surface area contributed by atoms with Crippen LogP contribution >= 0.6 is 11.6 Å². The molecule has 0 aliphatic carbocycles. The van der Waals surface area contributed by atoms with E-state index in [4.69, 9.17) is 21.1 Å². The molecular weight excluding hydrogens is 176 g/mol. The van der Waals surface area contributed by atoms with Crippen LogP contribution in [0.1, 0.15) is 6.92 Å². The zero-order valence-electron chi connectivity index (χ0n) is 6.92. The predicted octanol–water partition coefficient (Wildman–Crippen LogP) is 2.66. The Bertz CT molecular complexity index is 213. The van der Waals surface area contributed by atoms with Gasteiger partial charge in [0.2, 0.25) is 0 Å². The van der Waals surface area contributed by atoms with Gasteiger partial charge in [-0.05, 0) is 19.1 Å².